The third-order valence-corrected chi connectivity index (χ3v) is 7.32. The van der Waals surface area contributed by atoms with Gasteiger partial charge < -0.3 is 29.7 Å². The number of benzene rings is 2. The number of amides is 2. The summed E-state index contributed by atoms with van der Waals surface area (Å²) in [6.45, 7) is 9.00. The molecular formula is C29H40N4O5. The highest BCUT2D eigenvalue weighted by Gasteiger charge is 2.23. The molecule has 2 fully saturated rings. The quantitative estimate of drug-likeness (QED) is 0.459. The lowest BCUT2D eigenvalue weighted by Gasteiger charge is -2.33. The summed E-state index contributed by atoms with van der Waals surface area (Å²) in [4.78, 5) is 31.3. The number of piperidine rings is 1. The van der Waals surface area contributed by atoms with Gasteiger partial charge in [-0.05, 0) is 62.1 Å². The van der Waals surface area contributed by atoms with Crippen LogP contribution in [0.3, 0.4) is 0 Å². The number of anilines is 2. The molecule has 0 aliphatic carbocycles. The Kier molecular flexibility index (Phi) is 9.84. The van der Waals surface area contributed by atoms with Crippen molar-refractivity contribution in [3.8, 4) is 11.5 Å². The van der Waals surface area contributed by atoms with Crippen LogP contribution in [-0.4, -0.2) is 83.4 Å². The van der Waals surface area contributed by atoms with Gasteiger partial charge in [0.1, 0.15) is 17.1 Å². The molecule has 0 unspecified atom stereocenters. The highest BCUT2D eigenvalue weighted by Crippen LogP contribution is 2.31. The Labute approximate surface area is 225 Å². The van der Waals surface area contributed by atoms with Crippen molar-refractivity contribution in [3.63, 3.8) is 0 Å². The molecule has 2 aromatic carbocycles. The van der Waals surface area contributed by atoms with Gasteiger partial charge >= 0.3 is 0 Å². The van der Waals surface area contributed by atoms with Gasteiger partial charge in [0.05, 0.1) is 33.0 Å². The van der Waals surface area contributed by atoms with E-state index in [2.05, 4.69) is 27.4 Å². The molecule has 2 aliphatic heterocycles. The predicted octanol–water partition coefficient (Wildman–Crippen LogP) is 3.64. The average Bonchev–Trinajstić information content (AvgIpc) is 2.95. The fourth-order valence-electron chi connectivity index (χ4n) is 5.01. The normalized spacial score (nSPS) is 16.7. The zero-order chi connectivity index (χ0) is 26.9. The Hall–Kier alpha value is -3.30. The zero-order valence-electron chi connectivity index (χ0n) is 22.8. The number of morpholine rings is 1. The Balaban J connectivity index is 1.50. The van der Waals surface area contributed by atoms with E-state index >= 15 is 0 Å². The largest absolute Gasteiger partial charge is 0.496 e. The van der Waals surface area contributed by atoms with E-state index in [1.807, 2.05) is 12.1 Å². The minimum Gasteiger partial charge on any atom is -0.496 e. The molecule has 0 atom stereocenters. The Morgan fingerprint density at radius 1 is 0.974 bits per heavy atom. The molecule has 0 radical (unpaired) electrons. The van der Waals surface area contributed by atoms with Crippen LogP contribution in [-0.2, 0) is 4.74 Å². The lowest BCUT2D eigenvalue weighted by molar-refractivity contribution is 0.0374. The van der Waals surface area contributed by atoms with Gasteiger partial charge in [0.25, 0.3) is 11.8 Å². The van der Waals surface area contributed by atoms with Crippen LogP contribution >= 0.6 is 0 Å². The lowest BCUT2D eigenvalue weighted by Crippen LogP contribution is -2.38. The maximum Gasteiger partial charge on any atom is 0.263 e. The minimum atomic E-state index is -0.365. The van der Waals surface area contributed by atoms with Crippen LogP contribution in [0.5, 0.6) is 11.5 Å². The maximum absolute atomic E-state index is 13.4. The number of hydrogen-bond acceptors (Lipinski definition) is 7. The minimum absolute atomic E-state index is 0.133. The third kappa shape index (κ3) is 6.96. The first-order valence-corrected chi connectivity index (χ1v) is 13.5. The first kappa shape index (κ1) is 27.7. The number of hydrogen-bond donors (Lipinski definition) is 2. The molecule has 2 N–H and O–H groups in total. The van der Waals surface area contributed by atoms with Crippen molar-refractivity contribution in [1.29, 1.82) is 0 Å². The Morgan fingerprint density at radius 2 is 1.66 bits per heavy atom. The van der Waals surface area contributed by atoms with Gasteiger partial charge in [0.15, 0.2) is 0 Å². The van der Waals surface area contributed by atoms with Gasteiger partial charge in [-0.2, -0.15) is 0 Å². The SMILES string of the molecule is COc1cccc(OC)c1C(=O)Nc1ccc(N2CCC(C)CC2)c(C(=O)NCCCN2CCOCC2)c1. The van der Waals surface area contributed by atoms with Crippen molar-refractivity contribution in [1.82, 2.24) is 10.2 Å². The molecule has 2 amide bonds. The Bertz CT molecular complexity index is 1070. The number of carbonyl (C=O) groups is 2. The summed E-state index contributed by atoms with van der Waals surface area (Å²) in [5.74, 6) is 1.01. The first-order valence-electron chi connectivity index (χ1n) is 13.5. The van der Waals surface area contributed by atoms with E-state index in [-0.39, 0.29) is 11.8 Å². The van der Waals surface area contributed by atoms with Crippen LogP contribution in [0.15, 0.2) is 36.4 Å². The van der Waals surface area contributed by atoms with Crippen molar-refractivity contribution < 1.29 is 23.8 Å². The summed E-state index contributed by atoms with van der Waals surface area (Å²) < 4.78 is 16.2. The summed E-state index contributed by atoms with van der Waals surface area (Å²) in [6.07, 6.45) is 3.05. The number of nitrogens with one attached hydrogen (secondary N) is 2. The van der Waals surface area contributed by atoms with Crippen LogP contribution in [0.1, 0.15) is 46.9 Å². The van der Waals surface area contributed by atoms with Crippen LogP contribution in [0, 0.1) is 5.92 Å². The molecule has 38 heavy (non-hydrogen) atoms. The number of nitrogens with zero attached hydrogens (tertiary/aromatic N) is 2. The maximum atomic E-state index is 13.4. The summed E-state index contributed by atoms with van der Waals surface area (Å²) >= 11 is 0. The highest BCUT2D eigenvalue weighted by molar-refractivity contribution is 6.09. The van der Waals surface area contributed by atoms with Crippen molar-refractivity contribution in [2.75, 3.05) is 76.9 Å². The summed E-state index contributed by atoms with van der Waals surface area (Å²) in [6, 6.07) is 10.8. The number of carbonyl (C=O) groups excluding carboxylic acids is 2. The summed E-state index contributed by atoms with van der Waals surface area (Å²) in [5.41, 5.74) is 2.31. The summed E-state index contributed by atoms with van der Waals surface area (Å²) in [5, 5.41) is 6.03. The number of methoxy groups -OCH3 is 2. The average molecular weight is 525 g/mol. The van der Waals surface area contributed by atoms with Crippen LogP contribution in [0.25, 0.3) is 0 Å². The van der Waals surface area contributed by atoms with Crippen LogP contribution in [0.4, 0.5) is 11.4 Å². The van der Waals surface area contributed by atoms with Crippen molar-refractivity contribution in [2.24, 2.45) is 5.92 Å². The van der Waals surface area contributed by atoms with Gasteiger partial charge in [0.2, 0.25) is 0 Å². The molecule has 0 aromatic heterocycles. The molecule has 0 saturated carbocycles. The van der Waals surface area contributed by atoms with Crippen LogP contribution < -0.4 is 25.0 Å². The van der Waals surface area contributed by atoms with Gasteiger partial charge in [-0.1, -0.05) is 13.0 Å². The molecule has 0 bridgehead atoms. The molecule has 2 aromatic rings. The Morgan fingerprint density at radius 3 is 2.32 bits per heavy atom. The molecule has 4 rings (SSSR count). The van der Waals surface area contributed by atoms with Gasteiger partial charge in [-0.3, -0.25) is 14.5 Å². The van der Waals surface area contributed by atoms with Gasteiger partial charge in [-0.25, -0.2) is 0 Å². The second-order valence-corrected chi connectivity index (χ2v) is 9.96. The van der Waals surface area contributed by atoms with E-state index in [0.717, 1.165) is 70.9 Å². The molecule has 2 heterocycles. The van der Waals surface area contributed by atoms with Crippen molar-refractivity contribution in [2.45, 2.75) is 26.2 Å². The zero-order valence-corrected chi connectivity index (χ0v) is 22.8. The highest BCUT2D eigenvalue weighted by atomic mass is 16.5. The van der Waals surface area contributed by atoms with E-state index in [1.54, 1.807) is 24.3 Å². The van der Waals surface area contributed by atoms with E-state index in [9.17, 15) is 9.59 Å². The molecule has 2 saturated heterocycles. The first-order chi connectivity index (χ1) is 18.5. The lowest BCUT2D eigenvalue weighted by atomic mass is 9.97. The van der Waals surface area contributed by atoms with Gasteiger partial charge in [0, 0.05) is 44.1 Å². The molecular weight excluding hydrogens is 484 g/mol. The smallest absolute Gasteiger partial charge is 0.263 e. The molecule has 206 valence electrons. The second kappa shape index (κ2) is 13.5. The number of rotatable bonds is 10. The van der Waals surface area contributed by atoms with Crippen molar-refractivity contribution in [3.05, 3.63) is 47.5 Å². The topological polar surface area (TPSA) is 92.4 Å². The number of ether oxygens (including phenoxy) is 3. The predicted molar refractivity (Wildman–Crippen MR) is 149 cm³/mol. The molecule has 2 aliphatic rings. The molecule has 9 heteroatoms. The monoisotopic (exact) mass is 524 g/mol. The van der Waals surface area contributed by atoms with E-state index in [0.29, 0.717) is 40.8 Å². The third-order valence-electron chi connectivity index (χ3n) is 7.32. The van der Waals surface area contributed by atoms with E-state index in [1.165, 1.54) is 14.2 Å². The second-order valence-electron chi connectivity index (χ2n) is 9.96. The van der Waals surface area contributed by atoms with Crippen molar-refractivity contribution >= 4 is 23.2 Å². The standard InChI is InChI=1S/C29H40N4O5/c1-21-10-14-33(15-11-21)24-9-8-22(31-29(35)27-25(36-2)6-4-7-26(27)37-3)20-23(24)28(34)30-12-5-13-32-16-18-38-19-17-32/h4,6-9,20-21H,5,10-19H2,1-3H3,(H,30,34)(H,31,35). The van der Waals surface area contributed by atoms with E-state index < -0.39 is 0 Å². The van der Waals surface area contributed by atoms with Crippen LogP contribution in [0.2, 0.25) is 0 Å². The molecule has 9 nitrogen and oxygen atoms in total. The summed E-state index contributed by atoms with van der Waals surface area (Å²) in [7, 11) is 3.03. The fraction of sp³-hybridized carbons (Fsp3) is 0.517. The molecule has 0 spiro atoms. The van der Waals surface area contributed by atoms with Gasteiger partial charge in [-0.15, -0.1) is 0 Å². The fourth-order valence-corrected chi connectivity index (χ4v) is 5.01. The van der Waals surface area contributed by atoms with E-state index in [4.69, 9.17) is 14.2 Å².